The molecule has 2 heterocycles. The molecule has 0 aliphatic carbocycles. The smallest absolute Gasteiger partial charge is 0.225 e. The molecule has 24 heavy (non-hydrogen) atoms. The number of anilines is 2. The van der Waals surface area contributed by atoms with Gasteiger partial charge in [0.25, 0.3) is 0 Å². The van der Waals surface area contributed by atoms with Gasteiger partial charge in [-0.1, -0.05) is 25.1 Å². The number of fused-ring (bicyclic) bond motifs is 1. The Morgan fingerprint density at radius 2 is 1.92 bits per heavy atom. The molecule has 0 aliphatic rings. The van der Waals surface area contributed by atoms with Gasteiger partial charge in [0.2, 0.25) is 5.91 Å². The lowest BCUT2D eigenvalue weighted by molar-refractivity contribution is -0.116. The van der Waals surface area contributed by atoms with Crippen LogP contribution >= 0.6 is 0 Å². The Balaban J connectivity index is 1.52. The molecule has 0 aliphatic heterocycles. The lowest BCUT2D eigenvalue weighted by Gasteiger charge is -2.06. The lowest BCUT2D eigenvalue weighted by atomic mass is 10.1. The number of para-hydroxylation sites is 1. The minimum atomic E-state index is -0.0353. The molecule has 1 aromatic carbocycles. The molecule has 3 N–H and O–H groups in total. The zero-order chi connectivity index (χ0) is 16.8. The number of amides is 1. The van der Waals surface area contributed by atoms with Crippen molar-refractivity contribution in [2.24, 2.45) is 0 Å². The monoisotopic (exact) mass is 323 g/mol. The van der Waals surface area contributed by atoms with Crippen LogP contribution in [0.3, 0.4) is 0 Å². The molecule has 0 atom stereocenters. The van der Waals surface area contributed by atoms with E-state index < -0.39 is 0 Å². The van der Waals surface area contributed by atoms with Gasteiger partial charge < -0.3 is 15.6 Å². The molecule has 0 saturated carbocycles. The molecule has 124 valence electrons. The first-order chi connectivity index (χ1) is 11.8. The second-order valence-electron chi connectivity index (χ2n) is 5.64. The zero-order valence-corrected chi connectivity index (χ0v) is 13.7. The van der Waals surface area contributed by atoms with Gasteiger partial charge in [-0.2, -0.15) is 0 Å². The van der Waals surface area contributed by atoms with Crippen LogP contribution in [0.5, 0.6) is 0 Å². The fourth-order valence-corrected chi connectivity index (χ4v) is 2.59. The molecule has 0 unspecified atom stereocenters. The van der Waals surface area contributed by atoms with Gasteiger partial charge in [0.1, 0.15) is 5.82 Å². The van der Waals surface area contributed by atoms with E-state index in [0.29, 0.717) is 18.1 Å². The third-order valence-corrected chi connectivity index (χ3v) is 3.78. The van der Waals surface area contributed by atoms with E-state index in [0.717, 1.165) is 24.9 Å². The Kier molecular flexibility index (Phi) is 5.05. The summed E-state index contributed by atoms with van der Waals surface area (Å²) < 4.78 is 0. The van der Waals surface area contributed by atoms with Crippen molar-refractivity contribution in [1.29, 1.82) is 0 Å². The molecule has 2 aromatic heterocycles. The molecular weight excluding hydrogens is 302 g/mol. The molecular formula is C18H21N5O. The van der Waals surface area contributed by atoms with Crippen LogP contribution in [-0.2, 0) is 11.2 Å². The van der Waals surface area contributed by atoms with Crippen molar-refractivity contribution in [3.05, 3.63) is 48.2 Å². The highest BCUT2D eigenvalue weighted by Crippen LogP contribution is 2.18. The number of nitrogens with zero attached hydrogens (tertiary/aromatic N) is 2. The normalized spacial score (nSPS) is 10.7. The minimum absolute atomic E-state index is 0.0353. The quantitative estimate of drug-likeness (QED) is 0.622. The zero-order valence-electron chi connectivity index (χ0n) is 13.7. The predicted octanol–water partition coefficient (Wildman–Crippen LogP) is 3.35. The van der Waals surface area contributed by atoms with E-state index in [-0.39, 0.29) is 5.91 Å². The van der Waals surface area contributed by atoms with Gasteiger partial charge in [-0.15, -0.1) is 10.2 Å². The summed E-state index contributed by atoms with van der Waals surface area (Å²) in [5.41, 5.74) is 2.42. The van der Waals surface area contributed by atoms with E-state index in [1.807, 2.05) is 31.3 Å². The van der Waals surface area contributed by atoms with Gasteiger partial charge >= 0.3 is 0 Å². The third-order valence-electron chi connectivity index (χ3n) is 3.78. The van der Waals surface area contributed by atoms with Gasteiger partial charge in [0.15, 0.2) is 5.82 Å². The van der Waals surface area contributed by atoms with Crippen molar-refractivity contribution in [1.82, 2.24) is 15.2 Å². The van der Waals surface area contributed by atoms with Crippen molar-refractivity contribution < 1.29 is 4.79 Å². The summed E-state index contributed by atoms with van der Waals surface area (Å²) in [7, 11) is 0. The number of nitrogens with one attached hydrogen (secondary N) is 3. The minimum Gasteiger partial charge on any atom is -0.368 e. The van der Waals surface area contributed by atoms with E-state index in [4.69, 9.17) is 0 Å². The van der Waals surface area contributed by atoms with Crippen LogP contribution in [0.1, 0.15) is 25.3 Å². The molecule has 0 fully saturated rings. The average molecular weight is 323 g/mol. The van der Waals surface area contributed by atoms with Crippen molar-refractivity contribution in [3.8, 4) is 0 Å². The van der Waals surface area contributed by atoms with Crippen LogP contribution in [-0.4, -0.2) is 27.6 Å². The number of benzene rings is 1. The summed E-state index contributed by atoms with van der Waals surface area (Å²) in [6.07, 6.45) is 4.24. The Morgan fingerprint density at radius 1 is 1.12 bits per heavy atom. The van der Waals surface area contributed by atoms with Crippen LogP contribution < -0.4 is 10.6 Å². The molecule has 6 heteroatoms. The number of carbonyl (C=O) groups excluding carboxylic acids is 1. The Hall–Kier alpha value is -2.89. The number of hydrogen-bond acceptors (Lipinski definition) is 4. The maximum absolute atomic E-state index is 11.5. The summed E-state index contributed by atoms with van der Waals surface area (Å²) in [5, 5.41) is 15.3. The summed E-state index contributed by atoms with van der Waals surface area (Å²) in [5.74, 6) is 1.14. The van der Waals surface area contributed by atoms with Crippen molar-refractivity contribution in [2.45, 2.75) is 26.2 Å². The van der Waals surface area contributed by atoms with E-state index in [1.165, 1.54) is 10.9 Å². The first-order valence-electron chi connectivity index (χ1n) is 8.18. The molecule has 6 nitrogen and oxygen atoms in total. The van der Waals surface area contributed by atoms with Crippen LogP contribution in [0.4, 0.5) is 11.6 Å². The number of aromatic nitrogens is 3. The summed E-state index contributed by atoms with van der Waals surface area (Å²) in [6.45, 7) is 2.73. The Morgan fingerprint density at radius 3 is 2.71 bits per heavy atom. The SMILES string of the molecule is CCCC(=O)Nc1ccc(NCCc2c[nH]c3ccccc23)nn1. The highest BCUT2D eigenvalue weighted by atomic mass is 16.1. The highest BCUT2D eigenvalue weighted by molar-refractivity contribution is 5.89. The van der Waals surface area contributed by atoms with Crippen LogP contribution in [0.25, 0.3) is 10.9 Å². The van der Waals surface area contributed by atoms with Crippen LogP contribution in [0.15, 0.2) is 42.6 Å². The Bertz CT molecular complexity index is 810. The topological polar surface area (TPSA) is 82.7 Å². The van der Waals surface area contributed by atoms with E-state index in [2.05, 4.69) is 37.9 Å². The summed E-state index contributed by atoms with van der Waals surface area (Å²) in [6, 6.07) is 11.8. The first kappa shape index (κ1) is 16.0. The van der Waals surface area contributed by atoms with E-state index >= 15 is 0 Å². The molecule has 1 amide bonds. The summed E-state index contributed by atoms with van der Waals surface area (Å²) >= 11 is 0. The van der Waals surface area contributed by atoms with Gasteiger partial charge in [0, 0.05) is 30.1 Å². The van der Waals surface area contributed by atoms with Gasteiger partial charge in [-0.05, 0) is 36.6 Å². The maximum atomic E-state index is 11.5. The van der Waals surface area contributed by atoms with Crippen LogP contribution in [0.2, 0.25) is 0 Å². The largest absolute Gasteiger partial charge is 0.368 e. The maximum Gasteiger partial charge on any atom is 0.225 e. The van der Waals surface area contributed by atoms with Gasteiger partial charge in [-0.3, -0.25) is 4.79 Å². The van der Waals surface area contributed by atoms with Crippen LogP contribution in [0, 0.1) is 0 Å². The molecule has 0 spiro atoms. The fraction of sp³-hybridized carbons (Fsp3) is 0.278. The highest BCUT2D eigenvalue weighted by Gasteiger charge is 2.04. The predicted molar refractivity (Wildman–Crippen MR) is 96.1 cm³/mol. The average Bonchev–Trinajstić information content (AvgIpc) is 3.00. The second kappa shape index (κ2) is 7.59. The first-order valence-corrected chi connectivity index (χ1v) is 8.18. The summed E-state index contributed by atoms with van der Waals surface area (Å²) in [4.78, 5) is 14.8. The molecule has 0 saturated heterocycles. The van der Waals surface area contributed by atoms with Gasteiger partial charge in [-0.25, -0.2) is 0 Å². The molecule has 3 rings (SSSR count). The van der Waals surface area contributed by atoms with Crippen molar-refractivity contribution >= 4 is 28.4 Å². The lowest BCUT2D eigenvalue weighted by Crippen LogP contribution is -2.13. The molecule has 0 bridgehead atoms. The van der Waals surface area contributed by atoms with Gasteiger partial charge in [0.05, 0.1) is 0 Å². The third kappa shape index (κ3) is 3.90. The van der Waals surface area contributed by atoms with Crippen molar-refractivity contribution in [3.63, 3.8) is 0 Å². The molecule has 3 aromatic rings. The number of hydrogen-bond donors (Lipinski definition) is 3. The number of carbonyl (C=O) groups is 1. The van der Waals surface area contributed by atoms with E-state index in [9.17, 15) is 4.79 Å². The fourth-order valence-electron chi connectivity index (χ4n) is 2.59. The standard InChI is InChI=1S/C18H21N5O/c1-2-5-18(24)21-17-9-8-16(22-23-17)19-11-10-13-12-20-15-7-4-3-6-14(13)15/h3-4,6-9,12,20H,2,5,10-11H2,1H3,(H,19,22)(H,21,23,24). The number of rotatable bonds is 7. The van der Waals surface area contributed by atoms with Crippen molar-refractivity contribution in [2.75, 3.05) is 17.2 Å². The number of aromatic amines is 1. The Labute approximate surface area is 140 Å². The molecule has 0 radical (unpaired) electrons. The van der Waals surface area contributed by atoms with E-state index in [1.54, 1.807) is 6.07 Å². The second-order valence-corrected chi connectivity index (χ2v) is 5.64. The number of H-pyrrole nitrogens is 1.